The molecule has 3 nitrogen and oxygen atoms in total. The van der Waals surface area contributed by atoms with Gasteiger partial charge in [0.15, 0.2) is 0 Å². The number of hydrogen-bond donors (Lipinski definition) is 3. The zero-order valence-corrected chi connectivity index (χ0v) is 15.2. The maximum atomic E-state index is 10.6. The fraction of sp³-hybridized carbons (Fsp3) is 0.810. The van der Waals surface area contributed by atoms with Crippen LogP contribution < -0.4 is 0 Å². The van der Waals surface area contributed by atoms with E-state index in [9.17, 15) is 15.3 Å². The Balaban J connectivity index is 1.72. The summed E-state index contributed by atoms with van der Waals surface area (Å²) in [6.45, 7) is 6.74. The standard InChI is InChI=1S/C21H32O3/c1-4-13-18(23)11-16-12-5-6-15-19(24)17(22)8-10-21(15,3)14(12)7-9-20(13,16)2/h4,6,12,14,16-19,22-24H,5,7-11H2,1-3H3/b13-4-/t12-,14+,16+,17+,18-,19-,20-,21-/m1/s1. The third-order valence-electron chi connectivity index (χ3n) is 8.36. The molecule has 0 aromatic carbocycles. The third kappa shape index (κ3) is 2.01. The minimum atomic E-state index is -0.682. The van der Waals surface area contributed by atoms with Crippen LogP contribution in [0.2, 0.25) is 0 Å². The van der Waals surface area contributed by atoms with Gasteiger partial charge in [-0.3, -0.25) is 0 Å². The number of hydrogen-bond acceptors (Lipinski definition) is 3. The first-order valence-electron chi connectivity index (χ1n) is 9.74. The first-order valence-corrected chi connectivity index (χ1v) is 9.74. The van der Waals surface area contributed by atoms with Crippen molar-refractivity contribution in [3.63, 3.8) is 0 Å². The van der Waals surface area contributed by atoms with Gasteiger partial charge in [-0.25, -0.2) is 0 Å². The van der Waals surface area contributed by atoms with Gasteiger partial charge in [0.2, 0.25) is 0 Å². The SMILES string of the molecule is C/C=C1/[C@H](O)C[C@H]2[C@@H]3CC=C4[C@@H](O)[C@@H](O)CC[C@]4(C)[C@H]3CC[C@]12C. The van der Waals surface area contributed by atoms with E-state index in [0.29, 0.717) is 24.2 Å². The van der Waals surface area contributed by atoms with Crippen LogP contribution in [-0.4, -0.2) is 33.6 Å². The summed E-state index contributed by atoms with van der Waals surface area (Å²) in [7, 11) is 0. The van der Waals surface area contributed by atoms with Gasteiger partial charge in [-0.15, -0.1) is 0 Å². The fourth-order valence-corrected chi connectivity index (χ4v) is 7.10. The maximum Gasteiger partial charge on any atom is 0.101 e. The second-order valence-electron chi connectivity index (χ2n) is 9.19. The number of rotatable bonds is 0. The van der Waals surface area contributed by atoms with Crippen molar-refractivity contribution < 1.29 is 15.3 Å². The number of allylic oxidation sites excluding steroid dienone is 2. The minimum Gasteiger partial charge on any atom is -0.390 e. The summed E-state index contributed by atoms with van der Waals surface area (Å²) in [6, 6.07) is 0. The Bertz CT molecular complexity index is 594. The van der Waals surface area contributed by atoms with E-state index in [-0.39, 0.29) is 16.9 Å². The fourth-order valence-electron chi connectivity index (χ4n) is 7.10. The molecular weight excluding hydrogens is 300 g/mol. The molecule has 0 radical (unpaired) electrons. The Morgan fingerprint density at radius 2 is 1.75 bits per heavy atom. The molecule has 0 bridgehead atoms. The van der Waals surface area contributed by atoms with Gasteiger partial charge in [0, 0.05) is 0 Å². The van der Waals surface area contributed by atoms with E-state index >= 15 is 0 Å². The first-order chi connectivity index (χ1) is 11.3. The van der Waals surface area contributed by atoms with E-state index in [2.05, 4.69) is 32.9 Å². The van der Waals surface area contributed by atoms with Gasteiger partial charge in [-0.05, 0) is 85.2 Å². The Morgan fingerprint density at radius 3 is 2.46 bits per heavy atom. The van der Waals surface area contributed by atoms with Gasteiger partial charge < -0.3 is 15.3 Å². The van der Waals surface area contributed by atoms with Crippen molar-refractivity contribution in [2.75, 3.05) is 0 Å². The quantitative estimate of drug-likeness (QED) is 0.597. The monoisotopic (exact) mass is 332 g/mol. The van der Waals surface area contributed by atoms with Crippen LogP contribution in [0.3, 0.4) is 0 Å². The van der Waals surface area contributed by atoms with Crippen molar-refractivity contribution in [3.8, 4) is 0 Å². The molecule has 0 aliphatic heterocycles. The Labute approximate surface area is 145 Å². The Kier molecular flexibility index (Phi) is 3.80. The molecule has 3 N–H and O–H groups in total. The Hall–Kier alpha value is -0.640. The average Bonchev–Trinajstić information content (AvgIpc) is 2.81. The zero-order valence-electron chi connectivity index (χ0n) is 15.2. The predicted octanol–water partition coefficient (Wildman–Crippen LogP) is 3.20. The van der Waals surface area contributed by atoms with Gasteiger partial charge >= 0.3 is 0 Å². The molecule has 0 spiro atoms. The molecule has 3 fully saturated rings. The van der Waals surface area contributed by atoms with E-state index < -0.39 is 12.2 Å². The zero-order chi connectivity index (χ0) is 17.3. The molecule has 0 aromatic heterocycles. The van der Waals surface area contributed by atoms with Crippen molar-refractivity contribution in [2.24, 2.45) is 28.6 Å². The van der Waals surface area contributed by atoms with Gasteiger partial charge in [0.25, 0.3) is 0 Å². The molecule has 0 heterocycles. The van der Waals surface area contributed by atoms with Crippen LogP contribution in [0.5, 0.6) is 0 Å². The second kappa shape index (κ2) is 5.43. The summed E-state index contributed by atoms with van der Waals surface area (Å²) in [5.74, 6) is 1.70. The molecule has 134 valence electrons. The molecule has 0 unspecified atom stereocenters. The molecule has 4 rings (SSSR count). The largest absolute Gasteiger partial charge is 0.390 e. The van der Waals surface area contributed by atoms with Gasteiger partial charge in [-0.1, -0.05) is 26.0 Å². The lowest BCUT2D eigenvalue weighted by Crippen LogP contribution is -2.53. The average molecular weight is 332 g/mol. The van der Waals surface area contributed by atoms with Gasteiger partial charge in [-0.2, -0.15) is 0 Å². The van der Waals surface area contributed by atoms with Crippen LogP contribution in [0.25, 0.3) is 0 Å². The molecule has 0 aromatic rings. The molecular formula is C21H32O3. The van der Waals surface area contributed by atoms with E-state index in [1.807, 2.05) is 0 Å². The molecule has 4 aliphatic carbocycles. The third-order valence-corrected chi connectivity index (χ3v) is 8.36. The summed E-state index contributed by atoms with van der Waals surface area (Å²) < 4.78 is 0. The molecule has 0 saturated heterocycles. The van der Waals surface area contributed by atoms with Crippen LogP contribution in [0.4, 0.5) is 0 Å². The van der Waals surface area contributed by atoms with E-state index in [1.165, 1.54) is 12.0 Å². The summed E-state index contributed by atoms with van der Waals surface area (Å²) in [5.41, 5.74) is 2.51. The molecule has 4 aliphatic rings. The van der Waals surface area contributed by atoms with Crippen molar-refractivity contribution in [2.45, 2.75) is 77.6 Å². The smallest absolute Gasteiger partial charge is 0.101 e. The first kappa shape index (κ1) is 16.8. The lowest BCUT2D eigenvalue weighted by Gasteiger charge is -2.58. The topological polar surface area (TPSA) is 60.7 Å². The number of aliphatic hydroxyl groups is 3. The van der Waals surface area contributed by atoms with Crippen molar-refractivity contribution in [1.82, 2.24) is 0 Å². The van der Waals surface area contributed by atoms with Crippen LogP contribution in [0, 0.1) is 28.6 Å². The lowest BCUT2D eigenvalue weighted by atomic mass is 9.47. The van der Waals surface area contributed by atoms with Crippen molar-refractivity contribution in [1.29, 1.82) is 0 Å². The maximum absolute atomic E-state index is 10.6. The normalized spacial score (nSPS) is 55.6. The molecule has 3 heteroatoms. The van der Waals surface area contributed by atoms with E-state index in [4.69, 9.17) is 0 Å². The molecule has 8 atom stereocenters. The van der Waals surface area contributed by atoms with Crippen LogP contribution in [0.15, 0.2) is 23.3 Å². The van der Waals surface area contributed by atoms with Crippen LogP contribution in [-0.2, 0) is 0 Å². The van der Waals surface area contributed by atoms with Crippen molar-refractivity contribution >= 4 is 0 Å². The highest BCUT2D eigenvalue weighted by molar-refractivity contribution is 5.32. The highest BCUT2D eigenvalue weighted by atomic mass is 16.3. The van der Waals surface area contributed by atoms with Crippen LogP contribution >= 0.6 is 0 Å². The summed E-state index contributed by atoms with van der Waals surface area (Å²) in [6.07, 6.45) is 8.68. The molecule has 0 amide bonds. The predicted molar refractivity (Wildman–Crippen MR) is 94.2 cm³/mol. The Morgan fingerprint density at radius 1 is 1.04 bits per heavy atom. The molecule has 24 heavy (non-hydrogen) atoms. The summed E-state index contributed by atoms with van der Waals surface area (Å²) in [4.78, 5) is 0. The van der Waals surface area contributed by atoms with E-state index in [0.717, 1.165) is 31.3 Å². The lowest BCUT2D eigenvalue weighted by molar-refractivity contribution is -0.0645. The summed E-state index contributed by atoms with van der Waals surface area (Å²) >= 11 is 0. The highest BCUT2D eigenvalue weighted by Crippen LogP contribution is 2.66. The minimum absolute atomic E-state index is 0.0204. The summed E-state index contributed by atoms with van der Waals surface area (Å²) in [5, 5.41) is 31.2. The molecule has 3 saturated carbocycles. The number of aliphatic hydroxyl groups excluding tert-OH is 3. The van der Waals surface area contributed by atoms with Crippen molar-refractivity contribution in [3.05, 3.63) is 23.3 Å². The van der Waals surface area contributed by atoms with Gasteiger partial charge in [0.05, 0.1) is 12.2 Å². The van der Waals surface area contributed by atoms with Gasteiger partial charge in [0.1, 0.15) is 6.10 Å². The second-order valence-corrected chi connectivity index (χ2v) is 9.19. The van der Waals surface area contributed by atoms with Crippen LogP contribution in [0.1, 0.15) is 59.3 Å². The number of fused-ring (bicyclic) bond motifs is 5. The van der Waals surface area contributed by atoms with E-state index in [1.54, 1.807) is 0 Å². The highest BCUT2D eigenvalue weighted by Gasteiger charge is 2.59.